The molecule has 1 aromatic carbocycles. The smallest absolute Gasteiger partial charge is 0.128 e. The predicted octanol–water partition coefficient (Wildman–Crippen LogP) is 4.23. The van der Waals surface area contributed by atoms with Gasteiger partial charge in [0.15, 0.2) is 0 Å². The summed E-state index contributed by atoms with van der Waals surface area (Å²) in [7, 11) is 0. The number of hydrogen-bond acceptors (Lipinski definition) is 1. The summed E-state index contributed by atoms with van der Waals surface area (Å²) >= 11 is 0. The molecule has 1 aliphatic heterocycles. The van der Waals surface area contributed by atoms with Gasteiger partial charge in [0, 0.05) is 18.2 Å². The van der Waals surface area contributed by atoms with Crippen molar-refractivity contribution in [2.24, 2.45) is 23.7 Å². The Labute approximate surface area is 137 Å². The molecule has 4 saturated carbocycles. The molecule has 2 nitrogen and oxygen atoms in total. The van der Waals surface area contributed by atoms with Gasteiger partial charge in [-0.05, 0) is 61.3 Å². The Kier molecular flexibility index (Phi) is 3.18. The molecule has 0 spiro atoms. The molecule has 0 atom stereocenters. The van der Waals surface area contributed by atoms with Crippen LogP contribution in [0.1, 0.15) is 43.2 Å². The summed E-state index contributed by atoms with van der Waals surface area (Å²) in [5.41, 5.74) is 2.55. The van der Waals surface area contributed by atoms with E-state index in [4.69, 9.17) is 5.41 Å². The molecular weight excluding hydrogens is 324 g/mol. The van der Waals surface area contributed by atoms with E-state index >= 15 is 0 Å². The van der Waals surface area contributed by atoms with Crippen LogP contribution in [0.25, 0.3) is 0 Å². The lowest BCUT2D eigenvalue weighted by Crippen LogP contribution is -2.56. The van der Waals surface area contributed by atoms with Gasteiger partial charge in [-0.2, -0.15) is 0 Å². The van der Waals surface area contributed by atoms with E-state index in [1.165, 1.54) is 43.2 Å². The van der Waals surface area contributed by atoms with Gasteiger partial charge < -0.3 is 4.90 Å². The summed E-state index contributed by atoms with van der Waals surface area (Å²) in [4.78, 5) is 2.46. The standard InChI is InChI=1S/C18H22N2.BrH/c19-18-16-4-2-1-3-13(16)10-20(18)17-14-6-11-5-12(8-14)9-15(17)7-11;/h1-4,11-12,14-15,17,19H,5-10H2;1H. The quantitative estimate of drug-likeness (QED) is 0.809. The molecule has 0 radical (unpaired) electrons. The maximum atomic E-state index is 8.59. The molecule has 4 bridgehead atoms. The number of fused-ring (bicyclic) bond motifs is 1. The van der Waals surface area contributed by atoms with Crippen LogP contribution in [-0.4, -0.2) is 16.8 Å². The third-order valence-corrected chi connectivity index (χ3v) is 6.44. The fraction of sp³-hybridized carbons (Fsp3) is 0.611. The Hall–Kier alpha value is -0.830. The second-order valence-electron chi connectivity index (χ2n) is 7.55. The van der Waals surface area contributed by atoms with Crippen LogP contribution in [-0.2, 0) is 6.54 Å². The van der Waals surface area contributed by atoms with Crippen LogP contribution < -0.4 is 0 Å². The Morgan fingerprint density at radius 3 is 2.14 bits per heavy atom. The molecule has 0 unspecified atom stereocenters. The second kappa shape index (κ2) is 4.84. The van der Waals surface area contributed by atoms with Crippen LogP contribution in [0.4, 0.5) is 0 Å². The maximum absolute atomic E-state index is 8.59. The van der Waals surface area contributed by atoms with Crippen LogP contribution in [0.15, 0.2) is 24.3 Å². The minimum Gasteiger partial charge on any atom is -0.349 e. The topological polar surface area (TPSA) is 27.1 Å². The molecule has 4 fully saturated rings. The lowest BCUT2D eigenvalue weighted by molar-refractivity contribution is -0.0451. The molecular formula is C18H23BrN2. The molecule has 4 aliphatic carbocycles. The first-order valence-corrected chi connectivity index (χ1v) is 8.23. The van der Waals surface area contributed by atoms with E-state index in [2.05, 4.69) is 29.2 Å². The van der Waals surface area contributed by atoms with E-state index in [-0.39, 0.29) is 17.0 Å². The van der Waals surface area contributed by atoms with Gasteiger partial charge in [-0.25, -0.2) is 0 Å². The van der Waals surface area contributed by atoms with Crippen molar-refractivity contribution in [3.05, 3.63) is 35.4 Å². The number of amidine groups is 1. The van der Waals surface area contributed by atoms with Crippen LogP contribution in [0, 0.1) is 29.1 Å². The van der Waals surface area contributed by atoms with Crippen molar-refractivity contribution in [1.82, 2.24) is 4.90 Å². The Balaban J connectivity index is 0.00000115. The first-order chi connectivity index (χ1) is 9.79. The van der Waals surface area contributed by atoms with Gasteiger partial charge in [0.2, 0.25) is 0 Å². The number of nitrogens with one attached hydrogen (secondary N) is 1. The number of halogens is 1. The van der Waals surface area contributed by atoms with Crippen LogP contribution in [0.3, 0.4) is 0 Å². The van der Waals surface area contributed by atoms with Crippen LogP contribution in [0.2, 0.25) is 0 Å². The van der Waals surface area contributed by atoms with Crippen LogP contribution in [0.5, 0.6) is 0 Å². The highest BCUT2D eigenvalue weighted by Crippen LogP contribution is 2.55. The van der Waals surface area contributed by atoms with Crippen molar-refractivity contribution in [2.45, 2.75) is 44.7 Å². The van der Waals surface area contributed by atoms with Crippen molar-refractivity contribution in [3.8, 4) is 0 Å². The maximum Gasteiger partial charge on any atom is 0.128 e. The fourth-order valence-electron chi connectivity index (χ4n) is 5.97. The summed E-state index contributed by atoms with van der Waals surface area (Å²) in [5, 5.41) is 8.59. The average Bonchev–Trinajstić information content (AvgIpc) is 2.76. The molecule has 21 heavy (non-hydrogen) atoms. The zero-order valence-electron chi connectivity index (χ0n) is 12.3. The van der Waals surface area contributed by atoms with Crippen molar-refractivity contribution >= 4 is 22.8 Å². The van der Waals surface area contributed by atoms with Gasteiger partial charge in [-0.3, -0.25) is 5.41 Å². The molecule has 3 heteroatoms. The van der Waals surface area contributed by atoms with Gasteiger partial charge in [-0.1, -0.05) is 24.3 Å². The third kappa shape index (κ3) is 1.93. The highest BCUT2D eigenvalue weighted by Gasteiger charge is 2.51. The molecule has 112 valence electrons. The second-order valence-corrected chi connectivity index (χ2v) is 7.55. The first-order valence-electron chi connectivity index (χ1n) is 8.23. The highest BCUT2D eigenvalue weighted by atomic mass is 79.9. The molecule has 1 heterocycles. The normalized spacial score (nSPS) is 39.3. The number of hydrogen-bond donors (Lipinski definition) is 1. The van der Waals surface area contributed by atoms with Gasteiger partial charge in [0.25, 0.3) is 0 Å². The molecule has 1 aromatic rings. The molecule has 0 amide bonds. The van der Waals surface area contributed by atoms with E-state index in [1.807, 2.05) is 0 Å². The van der Waals surface area contributed by atoms with Gasteiger partial charge in [0.05, 0.1) is 0 Å². The number of rotatable bonds is 1. The minimum atomic E-state index is 0. The van der Waals surface area contributed by atoms with E-state index in [0.29, 0.717) is 6.04 Å². The molecule has 0 saturated heterocycles. The van der Waals surface area contributed by atoms with E-state index in [9.17, 15) is 0 Å². The third-order valence-electron chi connectivity index (χ3n) is 6.44. The monoisotopic (exact) mass is 346 g/mol. The SMILES string of the molecule is Br.N=C1c2ccccc2CN1C1C2CC3CC(C2)CC1C3. The zero-order valence-corrected chi connectivity index (χ0v) is 14.0. The van der Waals surface area contributed by atoms with Gasteiger partial charge in [-0.15, -0.1) is 17.0 Å². The Morgan fingerprint density at radius 2 is 1.52 bits per heavy atom. The predicted molar refractivity (Wildman–Crippen MR) is 90.0 cm³/mol. The first kappa shape index (κ1) is 13.8. The van der Waals surface area contributed by atoms with Crippen LogP contribution >= 0.6 is 17.0 Å². The molecule has 0 aromatic heterocycles. The summed E-state index contributed by atoms with van der Waals surface area (Å²) in [6, 6.07) is 9.20. The highest BCUT2D eigenvalue weighted by molar-refractivity contribution is 8.93. The molecule has 5 aliphatic rings. The summed E-state index contributed by atoms with van der Waals surface area (Å²) in [6.45, 7) is 0.988. The summed E-state index contributed by atoms with van der Waals surface area (Å²) < 4.78 is 0. The molecule has 1 N–H and O–H groups in total. The van der Waals surface area contributed by atoms with Gasteiger partial charge >= 0.3 is 0 Å². The summed E-state index contributed by atoms with van der Waals surface area (Å²) in [5.74, 6) is 4.60. The Morgan fingerprint density at radius 1 is 0.905 bits per heavy atom. The van der Waals surface area contributed by atoms with Crippen molar-refractivity contribution in [3.63, 3.8) is 0 Å². The minimum absolute atomic E-state index is 0. The van der Waals surface area contributed by atoms with Gasteiger partial charge in [0.1, 0.15) is 5.84 Å². The average molecular weight is 347 g/mol. The zero-order chi connectivity index (χ0) is 13.3. The van der Waals surface area contributed by atoms with E-state index < -0.39 is 0 Å². The number of benzene rings is 1. The lowest BCUT2D eigenvalue weighted by Gasteiger charge is -2.57. The van der Waals surface area contributed by atoms with Crippen molar-refractivity contribution in [1.29, 1.82) is 5.41 Å². The van der Waals surface area contributed by atoms with E-state index in [1.54, 1.807) is 0 Å². The summed E-state index contributed by atoms with van der Waals surface area (Å²) in [6.07, 6.45) is 7.28. The molecule has 6 rings (SSSR count). The largest absolute Gasteiger partial charge is 0.349 e. The van der Waals surface area contributed by atoms with Crippen molar-refractivity contribution in [2.75, 3.05) is 0 Å². The Bertz CT molecular complexity index is 554. The van der Waals surface area contributed by atoms with E-state index in [0.717, 1.165) is 36.1 Å². The lowest BCUT2D eigenvalue weighted by atomic mass is 9.54. The number of nitrogens with zero attached hydrogens (tertiary/aromatic N) is 1. The van der Waals surface area contributed by atoms with Crippen molar-refractivity contribution < 1.29 is 0 Å². The fourth-order valence-corrected chi connectivity index (χ4v) is 5.97.